The van der Waals surface area contributed by atoms with E-state index >= 15 is 0 Å². The third kappa shape index (κ3) is 3.75. The van der Waals surface area contributed by atoms with E-state index in [0.717, 1.165) is 63.6 Å². The summed E-state index contributed by atoms with van der Waals surface area (Å²) in [6.07, 6.45) is 3.04. The summed E-state index contributed by atoms with van der Waals surface area (Å²) >= 11 is 0. The lowest BCUT2D eigenvalue weighted by Crippen LogP contribution is -2.47. The second-order valence-corrected chi connectivity index (χ2v) is 7.53. The molecule has 2 saturated heterocycles. The van der Waals surface area contributed by atoms with Crippen molar-refractivity contribution in [1.29, 1.82) is 0 Å². The molecule has 0 bridgehead atoms. The van der Waals surface area contributed by atoms with Crippen LogP contribution in [0.2, 0.25) is 0 Å². The van der Waals surface area contributed by atoms with E-state index in [1.165, 1.54) is 0 Å². The molecule has 0 unspecified atom stereocenters. The molecule has 0 aliphatic carbocycles. The van der Waals surface area contributed by atoms with Gasteiger partial charge in [0.1, 0.15) is 0 Å². The van der Waals surface area contributed by atoms with Gasteiger partial charge in [-0.2, -0.15) is 5.10 Å². The van der Waals surface area contributed by atoms with Crippen LogP contribution in [0.1, 0.15) is 56.1 Å². The Bertz CT molecular complexity index is 592. The number of nitrogens with zero attached hydrogens (tertiary/aromatic N) is 4. The summed E-state index contributed by atoms with van der Waals surface area (Å²) in [5, 5.41) is 4.61. The molecule has 3 heterocycles. The van der Waals surface area contributed by atoms with E-state index in [1.54, 1.807) is 0 Å². The summed E-state index contributed by atoms with van der Waals surface area (Å²) in [5.41, 5.74) is 1.71. The normalized spacial score (nSPS) is 25.1. The number of carbonyl (C=O) groups excluding carboxylic acids is 1. The first kappa shape index (κ1) is 18.4. The third-order valence-electron chi connectivity index (χ3n) is 5.62. The van der Waals surface area contributed by atoms with Crippen LogP contribution in [-0.2, 0) is 11.3 Å². The zero-order chi connectivity index (χ0) is 18.0. The Morgan fingerprint density at radius 3 is 2.60 bits per heavy atom. The average molecular weight is 348 g/mol. The molecule has 140 valence electrons. The molecular formula is C19H32N4O2. The Kier molecular flexibility index (Phi) is 5.79. The fourth-order valence-corrected chi connectivity index (χ4v) is 4.10. The van der Waals surface area contributed by atoms with Crippen LogP contribution in [0.3, 0.4) is 0 Å². The molecule has 25 heavy (non-hydrogen) atoms. The topological polar surface area (TPSA) is 50.6 Å². The van der Waals surface area contributed by atoms with Crippen LogP contribution in [0, 0.1) is 5.92 Å². The highest BCUT2D eigenvalue weighted by atomic mass is 16.5. The van der Waals surface area contributed by atoms with Gasteiger partial charge in [0.15, 0.2) is 0 Å². The summed E-state index contributed by atoms with van der Waals surface area (Å²) < 4.78 is 7.38. The Hall–Kier alpha value is -1.40. The van der Waals surface area contributed by atoms with Crippen molar-refractivity contribution in [2.24, 2.45) is 5.92 Å². The van der Waals surface area contributed by atoms with Crippen LogP contribution in [0.25, 0.3) is 0 Å². The van der Waals surface area contributed by atoms with E-state index in [9.17, 15) is 4.79 Å². The summed E-state index contributed by atoms with van der Waals surface area (Å²) in [4.78, 5) is 17.8. The standard InChI is InChI=1S/C19H32N4O2/c1-5-15-11-22(13-17(15)21-7-9-25-10-8-21)19(24)16-12-23(6-2)20-18(16)14(3)4/h12,14-15,17H,5-11,13H2,1-4H3/t15-,17-/m1/s1. The molecule has 0 spiro atoms. The lowest BCUT2D eigenvalue weighted by atomic mass is 9.99. The lowest BCUT2D eigenvalue weighted by molar-refractivity contribution is 0.0103. The second-order valence-electron chi connectivity index (χ2n) is 7.53. The zero-order valence-electron chi connectivity index (χ0n) is 16.1. The lowest BCUT2D eigenvalue weighted by Gasteiger charge is -2.34. The summed E-state index contributed by atoms with van der Waals surface area (Å²) in [7, 11) is 0. The summed E-state index contributed by atoms with van der Waals surface area (Å²) in [6, 6.07) is 0.460. The van der Waals surface area contributed by atoms with Crippen LogP contribution in [-0.4, -0.2) is 70.9 Å². The number of likely N-dealkylation sites (tertiary alicyclic amines) is 1. The molecule has 0 radical (unpaired) electrons. The highest BCUT2D eigenvalue weighted by molar-refractivity contribution is 5.95. The molecule has 2 fully saturated rings. The van der Waals surface area contributed by atoms with Gasteiger partial charge in [0.2, 0.25) is 0 Å². The maximum Gasteiger partial charge on any atom is 0.257 e. The molecule has 6 heteroatoms. The minimum Gasteiger partial charge on any atom is -0.379 e. The van der Waals surface area contributed by atoms with Gasteiger partial charge in [-0.15, -0.1) is 0 Å². The van der Waals surface area contributed by atoms with E-state index in [0.29, 0.717) is 12.0 Å². The van der Waals surface area contributed by atoms with Crippen LogP contribution in [0.4, 0.5) is 0 Å². The van der Waals surface area contributed by atoms with Crippen LogP contribution >= 0.6 is 0 Å². The predicted molar refractivity (Wildman–Crippen MR) is 97.9 cm³/mol. The van der Waals surface area contributed by atoms with Crippen molar-refractivity contribution in [3.8, 4) is 0 Å². The second kappa shape index (κ2) is 7.87. The maximum absolute atomic E-state index is 13.2. The van der Waals surface area contributed by atoms with Crippen LogP contribution in [0.5, 0.6) is 0 Å². The van der Waals surface area contributed by atoms with Crippen LogP contribution in [0.15, 0.2) is 6.20 Å². The fraction of sp³-hybridized carbons (Fsp3) is 0.789. The van der Waals surface area contributed by atoms with E-state index in [-0.39, 0.29) is 11.8 Å². The predicted octanol–water partition coefficient (Wildman–Crippen LogP) is 2.21. The molecule has 1 aromatic heterocycles. The van der Waals surface area contributed by atoms with Gasteiger partial charge >= 0.3 is 0 Å². The number of aryl methyl sites for hydroxylation is 1. The largest absolute Gasteiger partial charge is 0.379 e. The molecule has 2 aliphatic heterocycles. The molecule has 2 aliphatic rings. The van der Waals surface area contributed by atoms with Crippen molar-refractivity contribution in [3.63, 3.8) is 0 Å². The fourth-order valence-electron chi connectivity index (χ4n) is 4.10. The number of rotatable bonds is 5. The first-order valence-corrected chi connectivity index (χ1v) is 9.73. The quantitative estimate of drug-likeness (QED) is 0.819. The molecule has 1 amide bonds. The molecule has 3 rings (SSSR count). The Morgan fingerprint density at radius 2 is 2.00 bits per heavy atom. The van der Waals surface area contributed by atoms with Gasteiger partial charge in [-0.05, 0) is 18.8 Å². The zero-order valence-corrected chi connectivity index (χ0v) is 16.1. The summed E-state index contributed by atoms with van der Waals surface area (Å²) in [6.45, 7) is 14.6. The molecule has 6 nitrogen and oxygen atoms in total. The highest BCUT2D eigenvalue weighted by Crippen LogP contribution is 2.28. The number of hydrogen-bond acceptors (Lipinski definition) is 4. The minimum atomic E-state index is 0.151. The van der Waals surface area contributed by atoms with Gasteiger partial charge in [0, 0.05) is 45.0 Å². The van der Waals surface area contributed by atoms with Crippen LogP contribution < -0.4 is 0 Å². The van der Waals surface area contributed by atoms with Crippen molar-refractivity contribution in [2.45, 2.75) is 52.6 Å². The first-order valence-electron chi connectivity index (χ1n) is 9.73. The summed E-state index contributed by atoms with van der Waals surface area (Å²) in [5.74, 6) is 0.953. The van der Waals surface area contributed by atoms with E-state index in [1.807, 2.05) is 10.9 Å². The molecule has 1 aromatic rings. The Labute approximate surface area is 151 Å². The number of ether oxygens (including phenoxy) is 1. The highest BCUT2D eigenvalue weighted by Gasteiger charge is 2.39. The molecule has 0 aromatic carbocycles. The van der Waals surface area contributed by atoms with Crippen molar-refractivity contribution >= 4 is 5.91 Å². The smallest absolute Gasteiger partial charge is 0.257 e. The minimum absolute atomic E-state index is 0.151. The average Bonchev–Trinajstić information content (AvgIpc) is 3.26. The van der Waals surface area contributed by atoms with Gasteiger partial charge in [0.05, 0.1) is 24.5 Å². The van der Waals surface area contributed by atoms with Gasteiger partial charge in [-0.3, -0.25) is 14.4 Å². The number of morpholine rings is 1. The van der Waals surface area contributed by atoms with Crippen molar-refractivity contribution in [2.75, 3.05) is 39.4 Å². The number of aromatic nitrogens is 2. The van der Waals surface area contributed by atoms with E-state index in [2.05, 4.69) is 42.6 Å². The number of hydrogen-bond donors (Lipinski definition) is 0. The molecule has 2 atom stereocenters. The van der Waals surface area contributed by atoms with Crippen molar-refractivity contribution in [3.05, 3.63) is 17.5 Å². The van der Waals surface area contributed by atoms with E-state index in [4.69, 9.17) is 4.74 Å². The van der Waals surface area contributed by atoms with E-state index < -0.39 is 0 Å². The first-order chi connectivity index (χ1) is 12.0. The van der Waals surface area contributed by atoms with Gasteiger partial charge in [0.25, 0.3) is 5.91 Å². The number of carbonyl (C=O) groups is 1. The van der Waals surface area contributed by atoms with Gasteiger partial charge in [-0.25, -0.2) is 0 Å². The SMILES string of the molecule is CC[C@@H]1CN(C(=O)c2cn(CC)nc2C(C)C)C[C@H]1N1CCOCC1. The third-order valence-corrected chi connectivity index (χ3v) is 5.62. The maximum atomic E-state index is 13.2. The van der Waals surface area contributed by atoms with Gasteiger partial charge < -0.3 is 9.64 Å². The molecule has 0 saturated carbocycles. The monoisotopic (exact) mass is 348 g/mol. The molecule has 0 N–H and O–H groups in total. The van der Waals surface area contributed by atoms with Gasteiger partial charge in [-0.1, -0.05) is 27.2 Å². The van der Waals surface area contributed by atoms with Crippen molar-refractivity contribution < 1.29 is 9.53 Å². The Morgan fingerprint density at radius 1 is 1.28 bits per heavy atom. The number of amides is 1. The van der Waals surface area contributed by atoms with Crippen molar-refractivity contribution in [1.82, 2.24) is 19.6 Å². The molecular weight excluding hydrogens is 316 g/mol. The Balaban J connectivity index is 1.77.